The van der Waals surface area contributed by atoms with E-state index >= 15 is 0 Å². The molecule has 0 spiro atoms. The number of likely N-dealkylation sites (tertiary alicyclic amines) is 1. The summed E-state index contributed by atoms with van der Waals surface area (Å²) in [6, 6.07) is 10.4. The zero-order valence-corrected chi connectivity index (χ0v) is 14.5. The van der Waals surface area contributed by atoms with E-state index in [4.69, 9.17) is 9.26 Å². The van der Waals surface area contributed by atoms with E-state index < -0.39 is 0 Å². The minimum Gasteiger partial charge on any atom is -0.493 e. The van der Waals surface area contributed by atoms with Crippen LogP contribution in [0.2, 0.25) is 0 Å². The van der Waals surface area contributed by atoms with Crippen molar-refractivity contribution in [2.24, 2.45) is 5.92 Å². The molecule has 0 saturated carbocycles. The molecule has 4 heterocycles. The first-order valence-corrected chi connectivity index (χ1v) is 9.03. The first-order chi connectivity index (χ1) is 12.8. The summed E-state index contributed by atoms with van der Waals surface area (Å²) in [5.74, 6) is 2.96. The molecule has 2 aliphatic heterocycles. The van der Waals surface area contributed by atoms with E-state index in [1.165, 1.54) is 11.1 Å². The van der Waals surface area contributed by atoms with Crippen molar-refractivity contribution in [3.05, 3.63) is 59.7 Å². The number of hydrogen-bond donors (Lipinski definition) is 0. The van der Waals surface area contributed by atoms with Crippen molar-refractivity contribution in [2.75, 3.05) is 19.7 Å². The predicted octanol–water partition coefficient (Wildman–Crippen LogP) is 2.74. The van der Waals surface area contributed by atoms with Gasteiger partial charge in [0.15, 0.2) is 0 Å². The molecule has 132 valence electrons. The molecule has 1 aromatic carbocycles. The van der Waals surface area contributed by atoms with Crippen molar-refractivity contribution < 1.29 is 9.26 Å². The number of fused-ring (bicyclic) bond motifs is 1. The largest absolute Gasteiger partial charge is 0.493 e. The monoisotopic (exact) mass is 348 g/mol. The molecule has 6 nitrogen and oxygen atoms in total. The lowest BCUT2D eigenvalue weighted by Gasteiger charge is -2.38. The van der Waals surface area contributed by atoms with Gasteiger partial charge in [0.05, 0.1) is 6.61 Å². The maximum absolute atomic E-state index is 5.58. The first-order valence-electron chi connectivity index (χ1n) is 9.03. The van der Waals surface area contributed by atoms with Crippen molar-refractivity contribution in [1.29, 1.82) is 0 Å². The number of nitrogens with zero attached hydrogens (tertiary/aromatic N) is 4. The van der Waals surface area contributed by atoms with Gasteiger partial charge in [0.25, 0.3) is 0 Å². The summed E-state index contributed by atoms with van der Waals surface area (Å²) in [4.78, 5) is 11.1. The van der Waals surface area contributed by atoms with E-state index in [9.17, 15) is 0 Å². The van der Waals surface area contributed by atoms with Crippen LogP contribution in [0.3, 0.4) is 0 Å². The first kappa shape index (κ1) is 15.5. The van der Waals surface area contributed by atoms with Crippen LogP contribution in [0, 0.1) is 5.92 Å². The van der Waals surface area contributed by atoms with E-state index in [0.29, 0.717) is 17.6 Å². The van der Waals surface area contributed by atoms with Gasteiger partial charge in [-0.25, -0.2) is 0 Å². The minimum atomic E-state index is 0.579. The van der Waals surface area contributed by atoms with Crippen LogP contribution in [-0.2, 0) is 19.4 Å². The van der Waals surface area contributed by atoms with Crippen LogP contribution < -0.4 is 4.74 Å². The average molecular weight is 348 g/mol. The van der Waals surface area contributed by atoms with E-state index in [1.807, 2.05) is 12.1 Å². The lowest BCUT2D eigenvalue weighted by molar-refractivity contribution is 0.0866. The summed E-state index contributed by atoms with van der Waals surface area (Å²) in [5, 5.41) is 4.07. The summed E-state index contributed by atoms with van der Waals surface area (Å²) in [7, 11) is 0. The van der Waals surface area contributed by atoms with Gasteiger partial charge in [0.1, 0.15) is 5.75 Å². The number of ether oxygens (including phenoxy) is 1. The summed E-state index contributed by atoms with van der Waals surface area (Å²) in [6.07, 6.45) is 5.35. The molecule has 3 aromatic rings. The van der Waals surface area contributed by atoms with Gasteiger partial charge in [-0.3, -0.25) is 9.88 Å². The molecule has 0 N–H and O–H groups in total. The van der Waals surface area contributed by atoms with Crippen LogP contribution in [0.4, 0.5) is 0 Å². The van der Waals surface area contributed by atoms with Gasteiger partial charge in [-0.05, 0) is 35.2 Å². The lowest BCUT2D eigenvalue weighted by Crippen LogP contribution is -2.46. The fraction of sp³-hybridized carbons (Fsp3) is 0.350. The third-order valence-electron chi connectivity index (χ3n) is 5.04. The summed E-state index contributed by atoms with van der Waals surface area (Å²) < 4.78 is 11.0. The summed E-state index contributed by atoms with van der Waals surface area (Å²) in [5.41, 5.74) is 3.59. The molecule has 1 fully saturated rings. The second-order valence-electron chi connectivity index (χ2n) is 7.06. The Labute approximate surface area is 151 Å². The maximum atomic E-state index is 5.58. The molecule has 26 heavy (non-hydrogen) atoms. The Morgan fingerprint density at radius 2 is 2.15 bits per heavy atom. The molecule has 0 radical (unpaired) electrons. The van der Waals surface area contributed by atoms with Gasteiger partial charge < -0.3 is 9.26 Å². The molecule has 1 saturated heterocycles. The minimum absolute atomic E-state index is 0.579. The molecular weight excluding hydrogens is 328 g/mol. The Kier molecular flexibility index (Phi) is 3.90. The van der Waals surface area contributed by atoms with Crippen LogP contribution >= 0.6 is 0 Å². The molecule has 2 aliphatic rings. The van der Waals surface area contributed by atoms with Crippen molar-refractivity contribution in [3.63, 3.8) is 0 Å². The lowest BCUT2D eigenvalue weighted by atomic mass is 9.95. The van der Waals surface area contributed by atoms with Crippen LogP contribution in [0.1, 0.15) is 17.0 Å². The molecule has 0 atom stereocenters. The van der Waals surface area contributed by atoms with E-state index in [0.717, 1.165) is 50.4 Å². The highest BCUT2D eigenvalue weighted by molar-refractivity contribution is 5.51. The number of rotatable bonds is 5. The predicted molar refractivity (Wildman–Crippen MR) is 95.6 cm³/mol. The van der Waals surface area contributed by atoms with Crippen LogP contribution in [0.25, 0.3) is 11.4 Å². The Bertz CT molecular complexity index is 903. The van der Waals surface area contributed by atoms with Gasteiger partial charge in [-0.2, -0.15) is 4.98 Å². The van der Waals surface area contributed by atoms with E-state index in [1.54, 1.807) is 12.4 Å². The molecule has 2 aromatic heterocycles. The summed E-state index contributed by atoms with van der Waals surface area (Å²) >= 11 is 0. The highest BCUT2D eigenvalue weighted by Gasteiger charge is 2.29. The van der Waals surface area contributed by atoms with Gasteiger partial charge >= 0.3 is 0 Å². The Morgan fingerprint density at radius 1 is 1.19 bits per heavy atom. The normalized spacial score (nSPS) is 16.9. The molecule has 6 heteroatoms. The molecule has 0 aliphatic carbocycles. The highest BCUT2D eigenvalue weighted by Crippen LogP contribution is 2.28. The zero-order chi connectivity index (χ0) is 17.3. The number of hydrogen-bond acceptors (Lipinski definition) is 6. The third-order valence-corrected chi connectivity index (χ3v) is 5.04. The van der Waals surface area contributed by atoms with E-state index in [-0.39, 0.29) is 0 Å². The summed E-state index contributed by atoms with van der Waals surface area (Å²) in [6.45, 7) is 3.95. The number of aromatic nitrogens is 3. The standard InChI is InChI=1S/C20H20N4O2/c1-2-17(10-21-6-1)20-22-19(26-23-20)9-15-12-24(13-15)11-14-3-4-18-16(8-14)5-7-25-18/h1-4,6,8,10,15H,5,7,9,11-13H2. The van der Waals surface area contributed by atoms with Gasteiger partial charge in [-0.1, -0.05) is 17.3 Å². The Balaban J connectivity index is 1.15. The Hall–Kier alpha value is -2.73. The molecule has 5 rings (SSSR count). The quantitative estimate of drug-likeness (QED) is 0.706. The van der Waals surface area contributed by atoms with Gasteiger partial charge in [0, 0.05) is 50.4 Å². The third kappa shape index (κ3) is 3.08. The van der Waals surface area contributed by atoms with Crippen molar-refractivity contribution >= 4 is 0 Å². The van der Waals surface area contributed by atoms with Gasteiger partial charge in [0.2, 0.25) is 11.7 Å². The SMILES string of the molecule is c1cncc(-c2noc(CC3CN(Cc4ccc5c(c4)CCO5)C3)n2)c1. The van der Waals surface area contributed by atoms with Crippen molar-refractivity contribution in [1.82, 2.24) is 20.0 Å². The topological polar surface area (TPSA) is 64.3 Å². The molecule has 0 bridgehead atoms. The van der Waals surface area contributed by atoms with Gasteiger partial charge in [-0.15, -0.1) is 0 Å². The molecule has 0 unspecified atom stereocenters. The smallest absolute Gasteiger partial charge is 0.227 e. The number of benzene rings is 1. The van der Waals surface area contributed by atoms with Crippen LogP contribution in [0.15, 0.2) is 47.2 Å². The second kappa shape index (κ2) is 6.53. The fourth-order valence-electron chi connectivity index (χ4n) is 3.73. The average Bonchev–Trinajstić information content (AvgIpc) is 3.29. The fourth-order valence-corrected chi connectivity index (χ4v) is 3.73. The van der Waals surface area contributed by atoms with Crippen LogP contribution in [-0.4, -0.2) is 39.7 Å². The Morgan fingerprint density at radius 3 is 3.04 bits per heavy atom. The molecular formula is C20H20N4O2. The zero-order valence-electron chi connectivity index (χ0n) is 14.5. The molecule has 0 amide bonds. The second-order valence-corrected chi connectivity index (χ2v) is 7.06. The van der Waals surface area contributed by atoms with Crippen molar-refractivity contribution in [3.8, 4) is 17.1 Å². The number of pyridine rings is 1. The highest BCUT2D eigenvalue weighted by atomic mass is 16.5. The maximum Gasteiger partial charge on any atom is 0.227 e. The van der Waals surface area contributed by atoms with Crippen LogP contribution in [0.5, 0.6) is 5.75 Å². The van der Waals surface area contributed by atoms with E-state index in [2.05, 4.69) is 38.2 Å². The van der Waals surface area contributed by atoms with Crippen molar-refractivity contribution in [2.45, 2.75) is 19.4 Å².